The van der Waals surface area contributed by atoms with Crippen molar-refractivity contribution in [1.82, 2.24) is 4.57 Å². The Balaban J connectivity index is 1.61. The predicted octanol–water partition coefficient (Wildman–Crippen LogP) is 4.89. The van der Waals surface area contributed by atoms with Gasteiger partial charge < -0.3 is 9.47 Å². The number of nitrogens with zero attached hydrogens (tertiary/aromatic N) is 3. The molecule has 1 saturated heterocycles. The number of aliphatic imine (C=N–C) groups is 1. The van der Waals surface area contributed by atoms with Crippen molar-refractivity contribution in [2.45, 2.75) is 25.7 Å². The summed E-state index contributed by atoms with van der Waals surface area (Å²) in [5.74, 6) is 0.0937. The first-order valence-corrected chi connectivity index (χ1v) is 10.5. The normalized spacial score (nSPS) is 16.9. The van der Waals surface area contributed by atoms with E-state index in [0.717, 1.165) is 35.5 Å². The standard InChI is InChI=1S/C25H25N3O/c29-24-18-26-25(21-10-4-3-9-20(21)24)19-11-12-22(27-13-5-1-2-6-14-27)23(17-19)28-15-7-8-16-28/h3-4,7-12,15-17H,1-2,5-6,13-14,18H2. The van der Waals surface area contributed by atoms with Crippen LogP contribution in [-0.2, 0) is 0 Å². The van der Waals surface area contributed by atoms with Crippen LogP contribution >= 0.6 is 0 Å². The van der Waals surface area contributed by atoms with E-state index in [1.165, 1.54) is 37.1 Å². The highest BCUT2D eigenvalue weighted by Gasteiger charge is 2.22. The first kappa shape index (κ1) is 17.9. The van der Waals surface area contributed by atoms with Gasteiger partial charge in [0.25, 0.3) is 0 Å². The lowest BCUT2D eigenvalue weighted by Crippen LogP contribution is -2.25. The van der Waals surface area contributed by atoms with E-state index in [4.69, 9.17) is 0 Å². The van der Waals surface area contributed by atoms with E-state index in [0.29, 0.717) is 0 Å². The maximum Gasteiger partial charge on any atom is 0.184 e. The van der Waals surface area contributed by atoms with E-state index in [9.17, 15) is 4.79 Å². The second-order valence-corrected chi connectivity index (χ2v) is 7.83. The van der Waals surface area contributed by atoms with E-state index < -0.39 is 0 Å². The Morgan fingerprint density at radius 3 is 2.24 bits per heavy atom. The summed E-state index contributed by atoms with van der Waals surface area (Å²) in [6, 6.07) is 18.6. The number of hydrogen-bond acceptors (Lipinski definition) is 3. The van der Waals surface area contributed by atoms with Gasteiger partial charge in [-0.3, -0.25) is 9.79 Å². The molecule has 0 unspecified atom stereocenters. The number of anilines is 1. The molecule has 2 aliphatic heterocycles. The monoisotopic (exact) mass is 383 g/mol. The highest BCUT2D eigenvalue weighted by Crippen LogP contribution is 2.30. The zero-order valence-electron chi connectivity index (χ0n) is 16.6. The molecule has 0 atom stereocenters. The summed E-state index contributed by atoms with van der Waals surface area (Å²) in [7, 11) is 0. The zero-order chi connectivity index (χ0) is 19.6. The second-order valence-electron chi connectivity index (χ2n) is 7.83. The maximum absolute atomic E-state index is 12.3. The number of carbonyl (C=O) groups excluding carboxylic acids is 1. The topological polar surface area (TPSA) is 37.6 Å². The Kier molecular flexibility index (Phi) is 4.76. The van der Waals surface area contributed by atoms with Crippen molar-refractivity contribution in [3.63, 3.8) is 0 Å². The number of ketones is 1. The van der Waals surface area contributed by atoms with Gasteiger partial charge in [-0.15, -0.1) is 0 Å². The Morgan fingerprint density at radius 1 is 0.759 bits per heavy atom. The van der Waals surface area contributed by atoms with Crippen molar-refractivity contribution >= 4 is 17.2 Å². The van der Waals surface area contributed by atoms with Crippen LogP contribution in [0.5, 0.6) is 0 Å². The Labute approximate surface area is 171 Å². The van der Waals surface area contributed by atoms with E-state index in [2.05, 4.69) is 57.2 Å². The average molecular weight is 383 g/mol. The molecule has 0 spiro atoms. The molecule has 3 aromatic rings. The number of fused-ring (bicyclic) bond motifs is 1. The molecule has 0 bridgehead atoms. The molecule has 0 radical (unpaired) electrons. The van der Waals surface area contributed by atoms with Gasteiger partial charge >= 0.3 is 0 Å². The van der Waals surface area contributed by atoms with Gasteiger partial charge in [0.1, 0.15) is 6.54 Å². The van der Waals surface area contributed by atoms with Crippen molar-refractivity contribution in [3.8, 4) is 5.69 Å². The molecule has 1 fully saturated rings. The number of carbonyl (C=O) groups is 1. The molecule has 2 aliphatic rings. The first-order chi connectivity index (χ1) is 14.3. The fraction of sp³-hybridized carbons (Fsp3) is 0.280. The van der Waals surface area contributed by atoms with Crippen LogP contribution in [0.2, 0.25) is 0 Å². The van der Waals surface area contributed by atoms with Crippen molar-refractivity contribution in [1.29, 1.82) is 0 Å². The minimum atomic E-state index is 0.0937. The summed E-state index contributed by atoms with van der Waals surface area (Å²) >= 11 is 0. The first-order valence-electron chi connectivity index (χ1n) is 10.5. The molecule has 2 aromatic carbocycles. The largest absolute Gasteiger partial charge is 0.370 e. The maximum atomic E-state index is 12.3. The van der Waals surface area contributed by atoms with Crippen LogP contribution in [0, 0.1) is 0 Å². The van der Waals surface area contributed by atoms with Crippen LogP contribution in [0.25, 0.3) is 5.69 Å². The van der Waals surface area contributed by atoms with Gasteiger partial charge in [0, 0.05) is 42.2 Å². The van der Waals surface area contributed by atoms with Crippen LogP contribution in [0.1, 0.15) is 47.2 Å². The lowest BCUT2D eigenvalue weighted by Gasteiger charge is -2.27. The fourth-order valence-corrected chi connectivity index (χ4v) is 4.45. The molecular weight excluding hydrogens is 358 g/mol. The smallest absolute Gasteiger partial charge is 0.184 e. The Hall–Kier alpha value is -3.14. The van der Waals surface area contributed by atoms with Gasteiger partial charge in [0.15, 0.2) is 5.78 Å². The van der Waals surface area contributed by atoms with Crippen LogP contribution < -0.4 is 4.90 Å². The Morgan fingerprint density at radius 2 is 1.48 bits per heavy atom. The van der Waals surface area contributed by atoms with E-state index in [-0.39, 0.29) is 12.3 Å². The minimum Gasteiger partial charge on any atom is -0.370 e. The molecule has 146 valence electrons. The van der Waals surface area contributed by atoms with Crippen molar-refractivity contribution in [2.75, 3.05) is 24.5 Å². The van der Waals surface area contributed by atoms with Gasteiger partial charge in [-0.2, -0.15) is 0 Å². The third-order valence-electron chi connectivity index (χ3n) is 5.94. The number of benzene rings is 2. The molecular formula is C25H25N3O. The summed E-state index contributed by atoms with van der Waals surface area (Å²) in [6.45, 7) is 2.43. The molecule has 0 saturated carbocycles. The van der Waals surface area contributed by atoms with Gasteiger partial charge in [0.05, 0.1) is 17.1 Å². The van der Waals surface area contributed by atoms with E-state index in [1.54, 1.807) is 0 Å². The lowest BCUT2D eigenvalue weighted by atomic mass is 9.92. The molecule has 5 rings (SSSR count). The number of hydrogen-bond donors (Lipinski definition) is 0. The van der Waals surface area contributed by atoms with E-state index in [1.807, 2.05) is 24.3 Å². The van der Waals surface area contributed by atoms with Gasteiger partial charge in [0.2, 0.25) is 0 Å². The molecule has 4 heteroatoms. The molecule has 1 aromatic heterocycles. The molecule has 0 N–H and O–H groups in total. The Bertz CT molecular complexity index is 1060. The number of aromatic nitrogens is 1. The van der Waals surface area contributed by atoms with Crippen LogP contribution in [-0.4, -0.2) is 35.7 Å². The third kappa shape index (κ3) is 3.39. The average Bonchev–Trinajstić information content (AvgIpc) is 3.17. The molecule has 3 heterocycles. The summed E-state index contributed by atoms with van der Waals surface area (Å²) < 4.78 is 2.18. The van der Waals surface area contributed by atoms with Gasteiger partial charge in [-0.25, -0.2) is 0 Å². The highest BCUT2D eigenvalue weighted by molar-refractivity contribution is 6.22. The summed E-state index contributed by atoms with van der Waals surface area (Å²) in [5.41, 5.74) is 6.13. The zero-order valence-corrected chi connectivity index (χ0v) is 16.6. The predicted molar refractivity (Wildman–Crippen MR) is 118 cm³/mol. The summed E-state index contributed by atoms with van der Waals surface area (Å²) in [5, 5.41) is 0. The van der Waals surface area contributed by atoms with Crippen LogP contribution in [0.4, 0.5) is 5.69 Å². The SMILES string of the molecule is O=C1CN=C(c2ccc(N3CCCCCC3)c(-n3cccc3)c2)c2ccccc21. The molecule has 0 amide bonds. The lowest BCUT2D eigenvalue weighted by molar-refractivity contribution is 0.1000. The third-order valence-corrected chi connectivity index (χ3v) is 5.94. The van der Waals surface area contributed by atoms with Gasteiger partial charge in [-0.1, -0.05) is 43.2 Å². The fourth-order valence-electron chi connectivity index (χ4n) is 4.45. The molecule has 0 aliphatic carbocycles. The van der Waals surface area contributed by atoms with Crippen molar-refractivity contribution in [2.24, 2.45) is 4.99 Å². The molecule has 4 nitrogen and oxygen atoms in total. The summed E-state index contributed by atoms with van der Waals surface area (Å²) in [4.78, 5) is 19.5. The minimum absolute atomic E-state index is 0.0937. The van der Waals surface area contributed by atoms with Gasteiger partial charge in [-0.05, 0) is 37.1 Å². The highest BCUT2D eigenvalue weighted by atomic mass is 16.1. The van der Waals surface area contributed by atoms with Crippen molar-refractivity contribution < 1.29 is 4.79 Å². The number of Topliss-reactive ketones (excluding diaryl/α,β-unsaturated/α-hetero) is 1. The van der Waals surface area contributed by atoms with E-state index >= 15 is 0 Å². The number of rotatable bonds is 3. The van der Waals surface area contributed by atoms with Crippen molar-refractivity contribution in [3.05, 3.63) is 83.7 Å². The summed E-state index contributed by atoms with van der Waals surface area (Å²) in [6.07, 6.45) is 9.31. The second kappa shape index (κ2) is 7.70. The van der Waals surface area contributed by atoms with Crippen LogP contribution in [0.15, 0.2) is 72.0 Å². The quantitative estimate of drug-likeness (QED) is 0.646. The molecule has 29 heavy (non-hydrogen) atoms. The van der Waals surface area contributed by atoms with Crippen LogP contribution in [0.3, 0.4) is 0 Å².